The third kappa shape index (κ3) is 5.99. The van der Waals surface area contributed by atoms with Crippen LogP contribution in [0.3, 0.4) is 0 Å². The smallest absolute Gasteiger partial charge is 0.418 e. The molecule has 2 N–H and O–H groups in total. The van der Waals surface area contributed by atoms with Gasteiger partial charge in [0.15, 0.2) is 0 Å². The van der Waals surface area contributed by atoms with Crippen molar-refractivity contribution in [1.82, 2.24) is 0 Å². The molecule has 0 aliphatic rings. The van der Waals surface area contributed by atoms with Crippen molar-refractivity contribution in [2.24, 2.45) is 0 Å². The summed E-state index contributed by atoms with van der Waals surface area (Å²) in [6, 6.07) is 20.8. The molecule has 4 aromatic rings. The maximum absolute atomic E-state index is 13.8. The van der Waals surface area contributed by atoms with E-state index in [0.29, 0.717) is 17.6 Å². The van der Waals surface area contributed by atoms with Crippen molar-refractivity contribution in [3.8, 4) is 11.3 Å². The van der Waals surface area contributed by atoms with E-state index in [2.05, 4.69) is 10.6 Å². The number of hydrogen-bond acceptors (Lipinski definition) is 3. The molecule has 5 nitrogen and oxygen atoms in total. The zero-order valence-electron chi connectivity index (χ0n) is 18.7. The van der Waals surface area contributed by atoms with Crippen molar-refractivity contribution in [2.45, 2.75) is 19.0 Å². The number of furan rings is 1. The summed E-state index contributed by atoms with van der Waals surface area (Å²) in [7, 11) is 0. The van der Waals surface area contributed by atoms with Crippen molar-refractivity contribution in [3.63, 3.8) is 0 Å². The quantitative estimate of drug-likeness (QED) is 0.273. The fourth-order valence-electron chi connectivity index (χ4n) is 3.53. The van der Waals surface area contributed by atoms with Crippen LogP contribution in [0, 0.1) is 5.82 Å². The molecule has 9 heteroatoms. The average Bonchev–Trinajstić information content (AvgIpc) is 3.33. The van der Waals surface area contributed by atoms with E-state index in [4.69, 9.17) is 4.42 Å². The van der Waals surface area contributed by atoms with E-state index >= 15 is 0 Å². The lowest BCUT2D eigenvalue weighted by atomic mass is 10.1. The van der Waals surface area contributed by atoms with Crippen molar-refractivity contribution >= 4 is 23.2 Å². The molecular formula is C27H20F4N2O3. The summed E-state index contributed by atoms with van der Waals surface area (Å²) in [4.78, 5) is 24.7. The third-order valence-corrected chi connectivity index (χ3v) is 5.29. The number of nitrogens with one attached hydrogen (secondary N) is 2. The number of hydrogen-bond donors (Lipinski definition) is 2. The molecule has 0 fully saturated rings. The predicted molar refractivity (Wildman–Crippen MR) is 127 cm³/mol. The Labute approximate surface area is 203 Å². The molecule has 0 unspecified atom stereocenters. The first kappa shape index (κ1) is 24.7. The van der Waals surface area contributed by atoms with Crippen LogP contribution in [0.1, 0.15) is 28.1 Å². The molecule has 1 heterocycles. The van der Waals surface area contributed by atoms with Crippen LogP contribution in [-0.4, -0.2) is 11.8 Å². The molecule has 0 saturated carbocycles. The van der Waals surface area contributed by atoms with E-state index in [-0.39, 0.29) is 24.1 Å². The lowest BCUT2D eigenvalue weighted by Gasteiger charge is -2.16. The summed E-state index contributed by atoms with van der Waals surface area (Å²) >= 11 is 0. The monoisotopic (exact) mass is 496 g/mol. The summed E-state index contributed by atoms with van der Waals surface area (Å²) in [5, 5.41) is 4.52. The van der Waals surface area contributed by atoms with E-state index in [1.54, 1.807) is 12.1 Å². The Morgan fingerprint density at radius 3 is 2.28 bits per heavy atom. The van der Waals surface area contributed by atoms with E-state index in [1.165, 1.54) is 24.3 Å². The number of rotatable bonds is 7. The normalized spacial score (nSPS) is 11.2. The molecule has 36 heavy (non-hydrogen) atoms. The Morgan fingerprint density at radius 2 is 1.56 bits per heavy atom. The molecule has 0 aliphatic carbocycles. The van der Waals surface area contributed by atoms with Gasteiger partial charge in [-0.25, -0.2) is 4.39 Å². The summed E-state index contributed by atoms with van der Waals surface area (Å²) in [5.74, 6) is -1.19. The second kappa shape index (κ2) is 10.5. The molecule has 0 bridgehead atoms. The van der Waals surface area contributed by atoms with Gasteiger partial charge in [-0.05, 0) is 42.5 Å². The van der Waals surface area contributed by atoms with Crippen LogP contribution in [0.25, 0.3) is 11.3 Å². The number of alkyl halides is 3. The molecule has 0 saturated heterocycles. The Kier molecular flexibility index (Phi) is 7.19. The van der Waals surface area contributed by atoms with Gasteiger partial charge in [0.05, 0.1) is 16.8 Å². The van der Waals surface area contributed by atoms with E-state index in [1.807, 2.05) is 30.3 Å². The highest BCUT2D eigenvalue weighted by molar-refractivity contribution is 6.04. The second-order valence-electron chi connectivity index (χ2n) is 7.87. The Balaban J connectivity index is 1.43. The van der Waals surface area contributed by atoms with Gasteiger partial charge >= 0.3 is 6.18 Å². The first-order valence-electron chi connectivity index (χ1n) is 10.9. The fourth-order valence-corrected chi connectivity index (χ4v) is 3.53. The number of amides is 2. The Bertz CT molecular complexity index is 1380. The molecule has 184 valence electrons. The fraction of sp³-hybridized carbons (Fsp3) is 0.111. The number of halogens is 4. The van der Waals surface area contributed by atoms with Crippen molar-refractivity contribution in [1.29, 1.82) is 0 Å². The van der Waals surface area contributed by atoms with Gasteiger partial charge in [0.1, 0.15) is 17.3 Å². The van der Waals surface area contributed by atoms with Gasteiger partial charge in [0.25, 0.3) is 5.91 Å². The summed E-state index contributed by atoms with van der Waals surface area (Å²) < 4.78 is 60.6. The van der Waals surface area contributed by atoms with Crippen molar-refractivity contribution in [2.75, 3.05) is 10.6 Å². The highest BCUT2D eigenvalue weighted by Crippen LogP contribution is 2.37. The van der Waals surface area contributed by atoms with Crippen LogP contribution in [0.5, 0.6) is 0 Å². The van der Waals surface area contributed by atoms with Crippen LogP contribution in [0.15, 0.2) is 89.3 Å². The lowest BCUT2D eigenvalue weighted by Crippen LogP contribution is -2.18. The van der Waals surface area contributed by atoms with Crippen LogP contribution in [0.4, 0.5) is 28.9 Å². The average molecular weight is 496 g/mol. The summed E-state index contributed by atoms with van der Waals surface area (Å²) in [6.45, 7) is 0. The number of anilines is 2. The topological polar surface area (TPSA) is 71.3 Å². The largest absolute Gasteiger partial charge is 0.461 e. The van der Waals surface area contributed by atoms with Gasteiger partial charge in [0, 0.05) is 24.1 Å². The molecule has 0 atom stereocenters. The van der Waals surface area contributed by atoms with Gasteiger partial charge in [-0.1, -0.05) is 42.5 Å². The molecular weight excluding hydrogens is 476 g/mol. The highest BCUT2D eigenvalue weighted by atomic mass is 19.4. The van der Waals surface area contributed by atoms with Gasteiger partial charge in [-0.2, -0.15) is 13.2 Å². The van der Waals surface area contributed by atoms with Crippen LogP contribution < -0.4 is 10.6 Å². The first-order chi connectivity index (χ1) is 17.2. The molecule has 0 spiro atoms. The first-order valence-corrected chi connectivity index (χ1v) is 10.9. The minimum atomic E-state index is -4.81. The maximum Gasteiger partial charge on any atom is 0.418 e. The predicted octanol–water partition coefficient (Wildman–Crippen LogP) is 6.93. The molecule has 0 radical (unpaired) electrons. The number of carbonyl (C=O) groups is 2. The number of aryl methyl sites for hydroxylation is 1. The minimum Gasteiger partial charge on any atom is -0.461 e. The van der Waals surface area contributed by atoms with Gasteiger partial charge in [0.2, 0.25) is 5.91 Å². The molecule has 4 rings (SSSR count). The van der Waals surface area contributed by atoms with Crippen LogP contribution in [0.2, 0.25) is 0 Å². The van der Waals surface area contributed by atoms with Crippen molar-refractivity contribution in [3.05, 3.63) is 108 Å². The number of carbonyl (C=O) groups excluding carboxylic acids is 2. The van der Waals surface area contributed by atoms with Crippen LogP contribution in [-0.2, 0) is 17.4 Å². The van der Waals surface area contributed by atoms with E-state index < -0.39 is 35.1 Å². The Morgan fingerprint density at radius 1 is 0.833 bits per heavy atom. The van der Waals surface area contributed by atoms with Gasteiger partial charge in [-0.3, -0.25) is 9.59 Å². The molecule has 0 aliphatic heterocycles. The molecule has 2 amide bonds. The second-order valence-corrected chi connectivity index (χ2v) is 7.87. The Hall–Kier alpha value is -4.40. The number of benzene rings is 3. The van der Waals surface area contributed by atoms with E-state index in [0.717, 1.165) is 17.7 Å². The zero-order valence-corrected chi connectivity index (χ0v) is 18.7. The highest BCUT2D eigenvalue weighted by Gasteiger charge is 2.34. The third-order valence-electron chi connectivity index (χ3n) is 5.29. The minimum absolute atomic E-state index is 0.106. The standard InChI is InChI=1S/C27H20F4N2O3/c28-22-9-5-4-8-20(22)26(35)32-18-10-13-23(21(16-18)27(29,30)31)33-25(34)15-12-19-11-14-24(36-19)17-6-2-1-3-7-17/h1-11,13-14,16H,12,15H2,(H,32,35)(H,33,34). The maximum atomic E-state index is 13.8. The van der Waals surface area contributed by atoms with Crippen molar-refractivity contribution < 1.29 is 31.6 Å². The van der Waals surface area contributed by atoms with Crippen LogP contribution >= 0.6 is 0 Å². The summed E-state index contributed by atoms with van der Waals surface area (Å²) in [6.07, 6.45) is -4.73. The molecule has 3 aromatic carbocycles. The SMILES string of the molecule is O=C(CCc1ccc(-c2ccccc2)o1)Nc1ccc(NC(=O)c2ccccc2F)cc1C(F)(F)F. The lowest BCUT2D eigenvalue weighted by molar-refractivity contribution is -0.136. The summed E-state index contributed by atoms with van der Waals surface area (Å²) in [5.41, 5.74) is -1.24. The molecule has 1 aromatic heterocycles. The zero-order chi connectivity index (χ0) is 25.7. The van der Waals surface area contributed by atoms with Gasteiger partial charge in [-0.15, -0.1) is 0 Å². The van der Waals surface area contributed by atoms with Gasteiger partial charge < -0.3 is 15.1 Å². The van der Waals surface area contributed by atoms with E-state index in [9.17, 15) is 27.2 Å².